The summed E-state index contributed by atoms with van der Waals surface area (Å²) in [5, 5.41) is 14.4. The summed E-state index contributed by atoms with van der Waals surface area (Å²) < 4.78 is 16.4. The second-order valence-electron chi connectivity index (χ2n) is 11.2. The topological polar surface area (TPSA) is 119 Å². The minimum absolute atomic E-state index is 0.215. The third-order valence-corrected chi connectivity index (χ3v) is 8.95. The van der Waals surface area contributed by atoms with Crippen molar-refractivity contribution in [2.24, 2.45) is 13.0 Å². The normalized spacial score (nSPS) is 19.4. The molecule has 0 radical (unpaired) electrons. The largest absolute Gasteiger partial charge is 0.477 e. The van der Waals surface area contributed by atoms with Crippen molar-refractivity contribution in [3.05, 3.63) is 58.4 Å². The average molecular weight is 556 g/mol. The summed E-state index contributed by atoms with van der Waals surface area (Å²) in [5.74, 6) is -1.01. The van der Waals surface area contributed by atoms with Gasteiger partial charge in [0.05, 0.1) is 27.7 Å². The number of likely N-dealkylation sites (tertiary alicyclic amines) is 1. The summed E-state index contributed by atoms with van der Waals surface area (Å²) in [5.41, 5.74) is 3.83. The first-order valence-corrected chi connectivity index (χ1v) is 13.7. The Kier molecular flexibility index (Phi) is 5.75. The van der Waals surface area contributed by atoms with Gasteiger partial charge in [-0.3, -0.25) is 4.79 Å². The highest BCUT2D eigenvalue weighted by atomic mass is 19.1. The van der Waals surface area contributed by atoms with Crippen molar-refractivity contribution >= 4 is 50.3 Å². The van der Waals surface area contributed by atoms with Crippen LogP contribution >= 0.6 is 0 Å². The summed E-state index contributed by atoms with van der Waals surface area (Å²) in [6.45, 7) is 2.70. The maximum Gasteiger partial charge on any atom is 0.341 e. The molecule has 2 atom stereocenters. The lowest BCUT2D eigenvalue weighted by atomic mass is 9.90. The number of aryl methyl sites for hydroxylation is 1. The zero-order valence-electron chi connectivity index (χ0n) is 23.0. The second-order valence-corrected chi connectivity index (χ2v) is 11.2. The van der Waals surface area contributed by atoms with E-state index in [1.165, 1.54) is 24.8 Å². The second kappa shape index (κ2) is 9.27. The Morgan fingerprint density at radius 1 is 1.12 bits per heavy atom. The third kappa shape index (κ3) is 3.86. The summed E-state index contributed by atoms with van der Waals surface area (Å²) in [4.78, 5) is 42.5. The van der Waals surface area contributed by atoms with Crippen LogP contribution in [0.2, 0.25) is 0 Å². The van der Waals surface area contributed by atoms with Crippen LogP contribution in [0.25, 0.3) is 44.1 Å². The van der Waals surface area contributed by atoms with E-state index in [4.69, 9.17) is 4.98 Å². The summed E-state index contributed by atoms with van der Waals surface area (Å²) in [6.07, 6.45) is 6.97. The van der Waals surface area contributed by atoms with Crippen LogP contribution in [0.1, 0.15) is 23.2 Å². The van der Waals surface area contributed by atoms with Crippen molar-refractivity contribution in [2.75, 3.05) is 43.9 Å². The van der Waals surface area contributed by atoms with Crippen LogP contribution in [0.3, 0.4) is 0 Å². The molecule has 11 heteroatoms. The zero-order valence-corrected chi connectivity index (χ0v) is 23.0. The molecule has 210 valence electrons. The molecule has 2 aliphatic rings. The Balaban J connectivity index is 1.52. The van der Waals surface area contributed by atoms with Gasteiger partial charge in [-0.05, 0) is 50.6 Å². The number of pyridine rings is 3. The fourth-order valence-corrected chi connectivity index (χ4v) is 6.86. The molecule has 10 nitrogen and oxygen atoms in total. The van der Waals surface area contributed by atoms with E-state index < -0.39 is 11.4 Å². The molecular formula is C30H30FN7O3. The van der Waals surface area contributed by atoms with Crippen molar-refractivity contribution in [1.29, 1.82) is 0 Å². The molecule has 0 bridgehead atoms. The lowest BCUT2D eigenvalue weighted by Gasteiger charge is -2.39. The van der Waals surface area contributed by atoms with E-state index in [0.717, 1.165) is 48.2 Å². The van der Waals surface area contributed by atoms with Crippen LogP contribution in [0, 0.1) is 11.7 Å². The molecular weight excluding hydrogens is 525 g/mol. The van der Waals surface area contributed by atoms with Gasteiger partial charge in [-0.2, -0.15) is 0 Å². The number of likely N-dealkylation sites (N-methyl/N-ethyl adjacent to an activating group) is 1. The molecule has 2 aliphatic heterocycles. The predicted molar refractivity (Wildman–Crippen MR) is 157 cm³/mol. The number of aromatic carboxylic acids is 1. The SMILES string of the molecule is CNc1cc(F)cc2c1[nH]c1ncc(-c3cnc4c(c3)c(=O)c(C(=O)O)cn4C)c(N3CCC4CCN(C)C4C3)c12. The number of benzene rings is 1. The number of nitrogens with one attached hydrogen (secondary N) is 2. The zero-order chi connectivity index (χ0) is 28.6. The third-order valence-electron chi connectivity index (χ3n) is 8.95. The van der Waals surface area contributed by atoms with Gasteiger partial charge in [-0.15, -0.1) is 0 Å². The van der Waals surface area contributed by atoms with Crippen LogP contribution < -0.4 is 15.6 Å². The van der Waals surface area contributed by atoms with Gasteiger partial charge in [0.1, 0.15) is 22.7 Å². The average Bonchev–Trinajstić information content (AvgIpc) is 3.53. The highest BCUT2D eigenvalue weighted by molar-refractivity contribution is 6.18. The van der Waals surface area contributed by atoms with Gasteiger partial charge < -0.3 is 29.8 Å². The molecule has 0 aliphatic carbocycles. The Hall–Kier alpha value is -4.51. The first kappa shape index (κ1) is 25.5. The number of carboxylic acid groups (broad SMARTS) is 1. The molecule has 41 heavy (non-hydrogen) atoms. The fourth-order valence-electron chi connectivity index (χ4n) is 6.86. The van der Waals surface area contributed by atoms with E-state index in [-0.39, 0.29) is 16.8 Å². The van der Waals surface area contributed by atoms with Gasteiger partial charge in [-0.1, -0.05) is 0 Å². The van der Waals surface area contributed by atoms with Crippen LogP contribution in [-0.2, 0) is 7.05 Å². The molecule has 7 rings (SSSR count). The molecule has 0 spiro atoms. The number of aromatic amines is 1. The minimum atomic E-state index is -1.29. The molecule has 2 unspecified atom stereocenters. The van der Waals surface area contributed by atoms with Gasteiger partial charge in [0.25, 0.3) is 0 Å². The molecule has 0 amide bonds. The van der Waals surface area contributed by atoms with Crippen molar-refractivity contribution < 1.29 is 14.3 Å². The number of fused-ring (bicyclic) bond motifs is 5. The van der Waals surface area contributed by atoms with Crippen molar-refractivity contribution in [3.63, 3.8) is 0 Å². The molecule has 5 aromatic rings. The number of hydrogen-bond acceptors (Lipinski definition) is 7. The van der Waals surface area contributed by atoms with Gasteiger partial charge in [0.15, 0.2) is 0 Å². The van der Waals surface area contributed by atoms with Crippen molar-refractivity contribution in [3.8, 4) is 11.1 Å². The Bertz CT molecular complexity index is 1950. The lowest BCUT2D eigenvalue weighted by molar-refractivity contribution is 0.0695. The standard InChI is InChI=1S/C30H30FN7O3/c1-32-22-10-17(31)9-18-24-26(38-7-5-15-4-6-36(2)23(15)14-38)20(12-33-28(24)35-25(18)22)16-8-19-27(39)21(30(40)41)13-37(3)29(19)34-11-16/h8-13,15,23,32H,4-7,14H2,1-3H3,(H,33,35)(H,40,41). The van der Waals surface area contributed by atoms with Gasteiger partial charge in [-0.25, -0.2) is 19.2 Å². The number of rotatable bonds is 4. The maximum absolute atomic E-state index is 14.9. The number of hydrogen-bond donors (Lipinski definition) is 3. The highest BCUT2D eigenvalue weighted by Crippen LogP contribution is 2.44. The van der Waals surface area contributed by atoms with E-state index >= 15 is 0 Å². The van der Waals surface area contributed by atoms with Crippen LogP contribution in [0.15, 0.2) is 41.6 Å². The van der Waals surface area contributed by atoms with Gasteiger partial charge in [0.2, 0.25) is 5.43 Å². The number of carboxylic acids is 1. The smallest absolute Gasteiger partial charge is 0.341 e. The van der Waals surface area contributed by atoms with Crippen LogP contribution in [0.5, 0.6) is 0 Å². The van der Waals surface area contributed by atoms with E-state index in [1.54, 1.807) is 37.1 Å². The number of halogens is 1. The molecule has 6 heterocycles. The number of aromatic nitrogens is 4. The summed E-state index contributed by atoms with van der Waals surface area (Å²) >= 11 is 0. The predicted octanol–water partition coefficient (Wildman–Crippen LogP) is 4.04. The molecule has 2 saturated heterocycles. The van der Waals surface area contributed by atoms with E-state index in [0.29, 0.717) is 39.9 Å². The molecule has 0 saturated carbocycles. The first-order valence-electron chi connectivity index (χ1n) is 13.7. The van der Waals surface area contributed by atoms with Crippen molar-refractivity contribution in [1.82, 2.24) is 24.4 Å². The minimum Gasteiger partial charge on any atom is -0.477 e. The summed E-state index contributed by atoms with van der Waals surface area (Å²) in [6, 6.07) is 5.09. The quantitative estimate of drug-likeness (QED) is 0.304. The van der Waals surface area contributed by atoms with Crippen LogP contribution in [0.4, 0.5) is 15.8 Å². The number of nitrogens with zero attached hydrogens (tertiary/aromatic N) is 5. The molecule has 4 aromatic heterocycles. The van der Waals surface area contributed by atoms with Crippen LogP contribution in [-0.4, -0.2) is 75.3 Å². The number of carbonyl (C=O) groups is 1. The van der Waals surface area contributed by atoms with Gasteiger partial charge in [0, 0.05) is 68.3 Å². The Labute approximate surface area is 234 Å². The first-order chi connectivity index (χ1) is 19.7. The Morgan fingerprint density at radius 2 is 1.93 bits per heavy atom. The van der Waals surface area contributed by atoms with E-state index in [2.05, 4.69) is 32.1 Å². The maximum atomic E-state index is 14.9. The summed E-state index contributed by atoms with van der Waals surface area (Å²) in [7, 11) is 5.59. The molecule has 3 N–H and O–H groups in total. The van der Waals surface area contributed by atoms with Gasteiger partial charge >= 0.3 is 5.97 Å². The lowest BCUT2D eigenvalue weighted by Crippen LogP contribution is -2.47. The molecule has 1 aromatic carbocycles. The fraction of sp³-hybridized carbons (Fsp3) is 0.333. The van der Waals surface area contributed by atoms with Crippen molar-refractivity contribution in [2.45, 2.75) is 18.9 Å². The highest BCUT2D eigenvalue weighted by Gasteiger charge is 2.38. The number of H-pyrrole nitrogens is 1. The Morgan fingerprint density at radius 3 is 2.71 bits per heavy atom. The molecule has 2 fully saturated rings. The number of anilines is 2. The van der Waals surface area contributed by atoms with E-state index in [1.807, 2.05) is 0 Å². The van der Waals surface area contributed by atoms with E-state index in [9.17, 15) is 19.1 Å². The number of piperidine rings is 1. The monoisotopic (exact) mass is 555 g/mol.